The summed E-state index contributed by atoms with van der Waals surface area (Å²) in [4.78, 5) is 52.0. The number of carbonyl (C=O) groups is 4. The van der Waals surface area contributed by atoms with Crippen molar-refractivity contribution >= 4 is 24.0 Å². The molecule has 2 saturated heterocycles. The predicted molar refractivity (Wildman–Crippen MR) is 128 cm³/mol. The molecule has 10 heteroatoms. The number of rotatable bonds is 8. The van der Waals surface area contributed by atoms with Crippen LogP contribution in [0.1, 0.15) is 55.5 Å². The van der Waals surface area contributed by atoms with Crippen molar-refractivity contribution in [3.8, 4) is 5.75 Å². The Kier molecular flexibility index (Phi) is 7.51. The second-order valence-electron chi connectivity index (χ2n) is 9.35. The molecular formula is C25H33N5O5. The van der Waals surface area contributed by atoms with Crippen molar-refractivity contribution in [2.75, 3.05) is 19.6 Å². The number of hydrogen-bond acceptors (Lipinski definition) is 8. The van der Waals surface area contributed by atoms with E-state index in [0.29, 0.717) is 42.9 Å². The fraction of sp³-hybridized carbons (Fsp3) is 0.520. The van der Waals surface area contributed by atoms with Crippen LogP contribution in [-0.4, -0.2) is 76.6 Å². The van der Waals surface area contributed by atoms with Crippen LogP contribution in [-0.2, 0) is 20.9 Å². The molecular weight excluding hydrogens is 450 g/mol. The minimum atomic E-state index is -0.636. The third-order valence-corrected chi connectivity index (χ3v) is 7.05. The maximum Gasteiger partial charge on any atom is 0.255 e. The van der Waals surface area contributed by atoms with Crippen LogP contribution >= 0.6 is 0 Å². The molecule has 2 fully saturated rings. The first-order chi connectivity index (χ1) is 16.8. The van der Waals surface area contributed by atoms with Crippen molar-refractivity contribution in [2.45, 2.75) is 64.3 Å². The van der Waals surface area contributed by atoms with Crippen molar-refractivity contribution in [3.05, 3.63) is 41.1 Å². The van der Waals surface area contributed by atoms with Crippen LogP contribution in [0.5, 0.6) is 5.75 Å². The topological polar surface area (TPSA) is 125 Å². The highest BCUT2D eigenvalue weighted by Crippen LogP contribution is 2.31. The number of benzene rings is 1. The molecule has 0 saturated carbocycles. The highest BCUT2D eigenvalue weighted by atomic mass is 16.5. The maximum absolute atomic E-state index is 12.9. The number of nitrogens with two attached hydrogens (primary N) is 1. The Morgan fingerprint density at radius 1 is 1.31 bits per heavy atom. The summed E-state index contributed by atoms with van der Waals surface area (Å²) in [6.45, 7) is 6.37. The zero-order chi connectivity index (χ0) is 25.1. The van der Waals surface area contributed by atoms with Crippen LogP contribution in [0.4, 0.5) is 0 Å². The summed E-state index contributed by atoms with van der Waals surface area (Å²) in [6.07, 6.45) is 4.88. The van der Waals surface area contributed by atoms with Crippen LogP contribution < -0.4 is 15.9 Å². The molecule has 3 atom stereocenters. The van der Waals surface area contributed by atoms with Gasteiger partial charge in [-0.05, 0) is 63.4 Å². The summed E-state index contributed by atoms with van der Waals surface area (Å²) in [5, 5.41) is 3.82. The van der Waals surface area contributed by atoms with E-state index < -0.39 is 11.9 Å². The number of nitrogens with zero attached hydrogens (tertiary/aromatic N) is 3. The van der Waals surface area contributed by atoms with Gasteiger partial charge < -0.3 is 14.6 Å². The molecule has 0 aromatic heterocycles. The van der Waals surface area contributed by atoms with Gasteiger partial charge in [-0.2, -0.15) is 0 Å². The van der Waals surface area contributed by atoms with E-state index in [2.05, 4.69) is 10.2 Å². The number of carbonyl (C=O) groups excluding carboxylic acids is 4. The first-order valence-electron chi connectivity index (χ1n) is 12.2. The third kappa shape index (κ3) is 5.38. The summed E-state index contributed by atoms with van der Waals surface area (Å²) >= 11 is 0. The molecule has 0 aliphatic carbocycles. The molecule has 188 valence electrons. The zero-order valence-corrected chi connectivity index (χ0v) is 20.2. The number of aldehydes is 1. The zero-order valence-electron chi connectivity index (χ0n) is 20.2. The van der Waals surface area contributed by atoms with E-state index in [1.165, 1.54) is 9.91 Å². The number of piperidine rings is 2. The van der Waals surface area contributed by atoms with E-state index in [1.807, 2.05) is 19.9 Å². The second kappa shape index (κ2) is 10.6. The number of hydrogen-bond donors (Lipinski definition) is 2. The molecule has 4 rings (SSSR count). The van der Waals surface area contributed by atoms with Gasteiger partial charge in [0.15, 0.2) is 0 Å². The summed E-state index contributed by atoms with van der Waals surface area (Å²) in [7, 11) is 0. The van der Waals surface area contributed by atoms with Gasteiger partial charge in [-0.3, -0.25) is 29.4 Å². The first-order valence-corrected chi connectivity index (χ1v) is 12.2. The van der Waals surface area contributed by atoms with Gasteiger partial charge in [-0.25, -0.2) is 5.84 Å². The smallest absolute Gasteiger partial charge is 0.255 e. The number of likely N-dealkylation sites (tertiary alicyclic amines) is 1. The largest absolute Gasteiger partial charge is 0.489 e. The molecule has 0 spiro atoms. The van der Waals surface area contributed by atoms with Gasteiger partial charge in [0.05, 0.1) is 0 Å². The number of amides is 3. The Morgan fingerprint density at radius 3 is 2.83 bits per heavy atom. The maximum atomic E-state index is 12.9. The van der Waals surface area contributed by atoms with Gasteiger partial charge in [-0.15, -0.1) is 0 Å². The third-order valence-electron chi connectivity index (χ3n) is 7.05. The van der Waals surface area contributed by atoms with Gasteiger partial charge in [-0.1, -0.05) is 0 Å². The molecule has 3 aliphatic heterocycles. The summed E-state index contributed by atoms with van der Waals surface area (Å²) in [6, 6.07) is 4.68. The predicted octanol–water partition coefficient (Wildman–Crippen LogP) is 0.958. The van der Waals surface area contributed by atoms with E-state index in [0.717, 1.165) is 31.2 Å². The standard InChI is InChI=1S/C25H33N5O5/c1-3-29(26)12-18(15-31)16(2)28-10-4-5-20(14-28)35-19-6-7-21-17(11-19)13-30(25(21)34)22-8-9-23(32)27-24(22)33/h6-7,11-12,15-16,20,22H,3-5,8-10,13-14,26H2,1-2H3,(H,27,32,33)/b18-12-/t16?,20-,22?/m1/s1. The number of nitrogens with one attached hydrogen (secondary N) is 1. The lowest BCUT2D eigenvalue weighted by Crippen LogP contribution is -2.52. The number of hydrazine groups is 1. The minimum absolute atomic E-state index is 0.0550. The van der Waals surface area contributed by atoms with Gasteiger partial charge in [0.1, 0.15) is 24.2 Å². The van der Waals surface area contributed by atoms with Crippen LogP contribution in [0.2, 0.25) is 0 Å². The molecule has 3 heterocycles. The molecule has 2 unspecified atom stereocenters. The quantitative estimate of drug-likeness (QED) is 0.184. The summed E-state index contributed by atoms with van der Waals surface area (Å²) < 4.78 is 6.29. The average molecular weight is 484 g/mol. The molecule has 35 heavy (non-hydrogen) atoms. The second-order valence-corrected chi connectivity index (χ2v) is 9.35. The normalized spacial score (nSPS) is 24.1. The first kappa shape index (κ1) is 24.9. The van der Waals surface area contributed by atoms with Crippen LogP contribution in [0.3, 0.4) is 0 Å². The molecule has 1 aromatic rings. The van der Waals surface area contributed by atoms with Crippen LogP contribution in [0, 0.1) is 0 Å². The molecule has 3 N–H and O–H groups in total. The van der Waals surface area contributed by atoms with Gasteiger partial charge >= 0.3 is 0 Å². The van der Waals surface area contributed by atoms with E-state index >= 15 is 0 Å². The van der Waals surface area contributed by atoms with E-state index in [-0.39, 0.29) is 30.4 Å². The fourth-order valence-corrected chi connectivity index (χ4v) is 4.96. The van der Waals surface area contributed by atoms with Crippen molar-refractivity contribution in [1.82, 2.24) is 20.1 Å². The molecule has 0 bridgehead atoms. The van der Waals surface area contributed by atoms with E-state index in [4.69, 9.17) is 10.6 Å². The Bertz CT molecular complexity index is 1040. The molecule has 0 radical (unpaired) electrons. The minimum Gasteiger partial charge on any atom is -0.489 e. The highest BCUT2D eigenvalue weighted by Gasteiger charge is 2.39. The Balaban J connectivity index is 1.41. The lowest BCUT2D eigenvalue weighted by Gasteiger charge is -2.37. The van der Waals surface area contributed by atoms with E-state index in [1.54, 1.807) is 18.3 Å². The Labute approximate surface area is 205 Å². The monoisotopic (exact) mass is 483 g/mol. The lowest BCUT2D eigenvalue weighted by atomic mass is 10.0. The average Bonchev–Trinajstić information content (AvgIpc) is 3.17. The Morgan fingerprint density at radius 2 is 2.11 bits per heavy atom. The van der Waals surface area contributed by atoms with Gasteiger partial charge in [0.2, 0.25) is 11.8 Å². The SMILES string of the molecule is CCN(N)/C=C(/C=O)C(C)N1CCC[C@@H](Oc2ccc3c(c2)CN(C2CCC(=O)NC2=O)C3=O)C1. The van der Waals surface area contributed by atoms with Crippen molar-refractivity contribution in [2.24, 2.45) is 5.84 Å². The highest BCUT2D eigenvalue weighted by molar-refractivity contribution is 6.05. The number of ether oxygens (including phenoxy) is 1. The number of imide groups is 1. The van der Waals surface area contributed by atoms with Crippen LogP contribution in [0.25, 0.3) is 0 Å². The fourth-order valence-electron chi connectivity index (χ4n) is 4.96. The molecule has 1 aromatic carbocycles. The molecule has 3 amide bonds. The van der Waals surface area contributed by atoms with Gasteiger partial charge in [0.25, 0.3) is 5.91 Å². The Hall–Kier alpha value is -3.24. The molecule has 3 aliphatic rings. The van der Waals surface area contributed by atoms with Gasteiger partial charge in [0, 0.05) is 49.4 Å². The lowest BCUT2D eigenvalue weighted by molar-refractivity contribution is -0.136. The van der Waals surface area contributed by atoms with Crippen molar-refractivity contribution in [3.63, 3.8) is 0 Å². The van der Waals surface area contributed by atoms with E-state index in [9.17, 15) is 19.2 Å². The van der Waals surface area contributed by atoms with Crippen LogP contribution in [0.15, 0.2) is 30.0 Å². The summed E-state index contributed by atoms with van der Waals surface area (Å²) in [5.74, 6) is 5.61. The molecule has 10 nitrogen and oxygen atoms in total. The van der Waals surface area contributed by atoms with Crippen molar-refractivity contribution < 1.29 is 23.9 Å². The number of fused-ring (bicyclic) bond motifs is 1. The summed E-state index contributed by atoms with van der Waals surface area (Å²) in [5.41, 5.74) is 2.00. The van der Waals surface area contributed by atoms with Crippen molar-refractivity contribution in [1.29, 1.82) is 0 Å².